The van der Waals surface area contributed by atoms with Gasteiger partial charge in [-0.1, -0.05) is 23.4 Å². The molecule has 0 aliphatic carbocycles. The van der Waals surface area contributed by atoms with Crippen molar-refractivity contribution >= 4 is 61.0 Å². The Bertz CT molecular complexity index is 1130. The molecule has 0 saturated heterocycles. The molecule has 0 bridgehead atoms. The molecule has 0 amide bonds. The Hall–Kier alpha value is -2.43. The van der Waals surface area contributed by atoms with Crippen LogP contribution in [-0.4, -0.2) is 35.4 Å². The quantitative estimate of drug-likeness (QED) is 0.598. The monoisotopic (exact) mass is 425 g/mol. The van der Waals surface area contributed by atoms with E-state index >= 15 is 0 Å². The molecular formula is C16H12ClN3O5S2. The highest BCUT2D eigenvalue weighted by atomic mass is 35.5. The smallest absolute Gasteiger partial charge is 0.264 e. The van der Waals surface area contributed by atoms with Gasteiger partial charge in [0.1, 0.15) is 4.90 Å². The normalized spacial score (nSPS) is 11.5. The fourth-order valence-corrected chi connectivity index (χ4v) is 4.10. The SMILES string of the molecule is CC(=O)SCC(=O)c1ccc(NS(=O)(=O)c2ccc(Cl)c3nonc23)cc1. The molecule has 1 aromatic heterocycles. The first-order valence-electron chi connectivity index (χ1n) is 7.48. The minimum Gasteiger partial charge on any atom is -0.293 e. The lowest BCUT2D eigenvalue weighted by molar-refractivity contribution is -0.109. The first-order valence-corrected chi connectivity index (χ1v) is 10.3. The first kappa shape index (κ1) is 19.3. The second kappa shape index (κ2) is 7.67. The third-order valence-electron chi connectivity index (χ3n) is 3.48. The molecule has 1 N–H and O–H groups in total. The lowest BCUT2D eigenvalue weighted by Gasteiger charge is -2.09. The molecule has 0 spiro atoms. The summed E-state index contributed by atoms with van der Waals surface area (Å²) in [5, 5.41) is 7.25. The number of halogens is 1. The van der Waals surface area contributed by atoms with Crippen LogP contribution in [0.2, 0.25) is 5.02 Å². The van der Waals surface area contributed by atoms with Gasteiger partial charge >= 0.3 is 0 Å². The standard InChI is InChI=1S/C16H12ClN3O5S2/c1-9(21)26-8-13(22)10-2-4-11(5-3-10)20-27(23,24)14-7-6-12(17)15-16(14)19-25-18-15/h2-7,20H,8H2,1H3. The molecule has 0 aliphatic rings. The number of anilines is 1. The van der Waals surface area contributed by atoms with Gasteiger partial charge in [0.2, 0.25) is 0 Å². The topological polar surface area (TPSA) is 119 Å². The van der Waals surface area contributed by atoms with Crippen molar-refractivity contribution in [2.45, 2.75) is 11.8 Å². The van der Waals surface area contributed by atoms with E-state index in [1.165, 1.54) is 43.3 Å². The number of carbonyl (C=O) groups excluding carboxylic acids is 2. The largest absolute Gasteiger partial charge is 0.293 e. The zero-order valence-corrected chi connectivity index (χ0v) is 16.2. The average molecular weight is 426 g/mol. The van der Waals surface area contributed by atoms with Gasteiger partial charge in [-0.25, -0.2) is 13.0 Å². The van der Waals surface area contributed by atoms with Crippen molar-refractivity contribution in [3.05, 3.63) is 47.0 Å². The number of nitrogens with zero attached hydrogens (tertiary/aromatic N) is 2. The van der Waals surface area contributed by atoms with E-state index in [0.717, 1.165) is 11.8 Å². The van der Waals surface area contributed by atoms with E-state index in [2.05, 4.69) is 19.7 Å². The number of benzene rings is 2. The van der Waals surface area contributed by atoms with E-state index in [1.807, 2.05) is 0 Å². The van der Waals surface area contributed by atoms with E-state index in [1.54, 1.807) is 0 Å². The molecule has 0 unspecified atom stereocenters. The van der Waals surface area contributed by atoms with Gasteiger partial charge in [-0.3, -0.25) is 14.3 Å². The summed E-state index contributed by atoms with van der Waals surface area (Å²) in [7, 11) is -3.99. The Morgan fingerprint density at radius 3 is 2.44 bits per heavy atom. The first-order chi connectivity index (χ1) is 12.8. The Morgan fingerprint density at radius 1 is 1.11 bits per heavy atom. The van der Waals surface area contributed by atoms with Crippen molar-refractivity contribution in [2.24, 2.45) is 0 Å². The molecule has 140 valence electrons. The predicted molar refractivity (Wildman–Crippen MR) is 102 cm³/mol. The summed E-state index contributed by atoms with van der Waals surface area (Å²) in [4.78, 5) is 22.8. The lowest BCUT2D eigenvalue weighted by atomic mass is 10.1. The van der Waals surface area contributed by atoms with Crippen LogP contribution in [-0.2, 0) is 14.8 Å². The Kier molecular flexibility index (Phi) is 5.49. The number of fused-ring (bicyclic) bond motifs is 1. The van der Waals surface area contributed by atoms with E-state index in [-0.39, 0.29) is 43.3 Å². The third-order valence-corrected chi connectivity index (χ3v) is 6.02. The van der Waals surface area contributed by atoms with Crippen molar-refractivity contribution in [3.8, 4) is 0 Å². The van der Waals surface area contributed by atoms with E-state index in [4.69, 9.17) is 11.6 Å². The average Bonchev–Trinajstić information content (AvgIpc) is 3.10. The molecule has 0 radical (unpaired) electrons. The molecule has 0 aliphatic heterocycles. The number of hydrogen-bond acceptors (Lipinski definition) is 8. The van der Waals surface area contributed by atoms with E-state index < -0.39 is 10.0 Å². The van der Waals surface area contributed by atoms with Crippen LogP contribution in [0, 0.1) is 0 Å². The summed E-state index contributed by atoms with van der Waals surface area (Å²) in [6.45, 7) is 1.38. The number of Topliss-reactive ketones (excluding diaryl/α,β-unsaturated/α-hetero) is 1. The van der Waals surface area contributed by atoms with Crippen LogP contribution in [0.1, 0.15) is 17.3 Å². The maximum atomic E-state index is 12.6. The van der Waals surface area contributed by atoms with Gasteiger partial charge in [0.05, 0.1) is 10.8 Å². The van der Waals surface area contributed by atoms with Crippen LogP contribution in [0.25, 0.3) is 11.0 Å². The number of thioether (sulfide) groups is 1. The fraction of sp³-hybridized carbons (Fsp3) is 0.125. The highest BCUT2D eigenvalue weighted by Gasteiger charge is 2.22. The number of hydrogen-bond donors (Lipinski definition) is 1. The van der Waals surface area contributed by atoms with Crippen LogP contribution in [0.3, 0.4) is 0 Å². The molecule has 3 aromatic rings. The summed E-state index contributed by atoms with van der Waals surface area (Å²) in [5.74, 6) is -0.194. The fourth-order valence-electron chi connectivity index (χ4n) is 2.22. The Labute approximate surface area is 163 Å². The zero-order valence-electron chi connectivity index (χ0n) is 13.8. The molecule has 3 rings (SSSR count). The zero-order chi connectivity index (χ0) is 19.6. The summed E-state index contributed by atoms with van der Waals surface area (Å²) in [5.41, 5.74) is 0.790. The number of aromatic nitrogens is 2. The van der Waals surface area contributed by atoms with Crippen LogP contribution in [0.5, 0.6) is 0 Å². The van der Waals surface area contributed by atoms with Crippen molar-refractivity contribution < 1.29 is 22.6 Å². The minimum absolute atomic E-state index is 0.0167. The van der Waals surface area contributed by atoms with Gasteiger partial charge in [0.25, 0.3) is 10.0 Å². The number of nitrogens with one attached hydrogen (secondary N) is 1. The molecule has 0 saturated carbocycles. The molecule has 8 nitrogen and oxygen atoms in total. The summed E-state index contributed by atoms with van der Waals surface area (Å²) in [6.07, 6.45) is 0. The summed E-state index contributed by atoms with van der Waals surface area (Å²) >= 11 is 6.86. The van der Waals surface area contributed by atoms with Crippen LogP contribution in [0.4, 0.5) is 5.69 Å². The van der Waals surface area contributed by atoms with Gasteiger partial charge < -0.3 is 0 Å². The number of ketones is 1. The summed E-state index contributed by atoms with van der Waals surface area (Å²) < 4.78 is 32.3. The highest BCUT2D eigenvalue weighted by molar-refractivity contribution is 8.14. The highest BCUT2D eigenvalue weighted by Crippen LogP contribution is 2.28. The molecule has 27 heavy (non-hydrogen) atoms. The van der Waals surface area contributed by atoms with Crippen molar-refractivity contribution in [1.29, 1.82) is 0 Å². The Balaban J connectivity index is 1.82. The van der Waals surface area contributed by atoms with E-state index in [0.29, 0.717) is 5.56 Å². The predicted octanol–water partition coefficient (Wildman–Crippen LogP) is 3.14. The molecule has 2 aromatic carbocycles. The molecular weight excluding hydrogens is 414 g/mol. The van der Waals surface area contributed by atoms with Gasteiger partial charge in [0.15, 0.2) is 21.9 Å². The minimum atomic E-state index is -3.99. The van der Waals surface area contributed by atoms with Gasteiger partial charge in [-0.05, 0) is 46.7 Å². The number of sulfonamides is 1. The maximum absolute atomic E-state index is 12.6. The molecule has 0 atom stereocenters. The second-order valence-corrected chi connectivity index (χ2v) is 8.60. The van der Waals surface area contributed by atoms with Crippen molar-refractivity contribution in [2.75, 3.05) is 10.5 Å². The van der Waals surface area contributed by atoms with Gasteiger partial charge in [-0.2, -0.15) is 0 Å². The van der Waals surface area contributed by atoms with Crippen molar-refractivity contribution in [3.63, 3.8) is 0 Å². The summed E-state index contributed by atoms with van der Waals surface area (Å²) in [6, 6.07) is 8.56. The Morgan fingerprint density at radius 2 is 1.78 bits per heavy atom. The second-order valence-electron chi connectivity index (χ2n) is 5.39. The maximum Gasteiger partial charge on any atom is 0.264 e. The van der Waals surface area contributed by atoms with Crippen LogP contribution in [0.15, 0.2) is 45.9 Å². The molecule has 1 heterocycles. The van der Waals surface area contributed by atoms with E-state index in [9.17, 15) is 18.0 Å². The lowest BCUT2D eigenvalue weighted by Crippen LogP contribution is -2.13. The number of rotatable bonds is 6. The van der Waals surface area contributed by atoms with Crippen LogP contribution < -0.4 is 4.72 Å². The molecule has 0 fully saturated rings. The van der Waals surface area contributed by atoms with Crippen LogP contribution >= 0.6 is 23.4 Å². The van der Waals surface area contributed by atoms with Gasteiger partial charge in [0, 0.05) is 18.2 Å². The van der Waals surface area contributed by atoms with Gasteiger partial charge in [-0.15, -0.1) is 0 Å². The third kappa shape index (κ3) is 4.29. The molecule has 11 heteroatoms. The van der Waals surface area contributed by atoms with Crippen molar-refractivity contribution in [1.82, 2.24) is 10.3 Å². The number of carbonyl (C=O) groups is 2.